The summed E-state index contributed by atoms with van der Waals surface area (Å²) in [6.07, 6.45) is 3.73. The zero-order valence-corrected chi connectivity index (χ0v) is 16.3. The summed E-state index contributed by atoms with van der Waals surface area (Å²) in [4.78, 5) is 24.9. The van der Waals surface area contributed by atoms with Crippen molar-refractivity contribution in [3.8, 4) is 0 Å². The second-order valence-corrected chi connectivity index (χ2v) is 6.40. The molecule has 8 heteroatoms. The number of esters is 1. The number of fused-ring (bicyclic) bond motifs is 1. The topological polar surface area (TPSA) is 81.9 Å². The predicted octanol–water partition coefficient (Wildman–Crippen LogP) is 4.76. The monoisotopic (exact) mass is 387 g/mol. The lowest BCUT2D eigenvalue weighted by Gasteiger charge is -2.15. The summed E-state index contributed by atoms with van der Waals surface area (Å²) in [5, 5.41) is 3.36. The van der Waals surface area contributed by atoms with E-state index in [0.717, 1.165) is 18.5 Å². The molecule has 7 nitrogen and oxygen atoms in total. The molecule has 1 N–H and O–H groups in total. The molecule has 0 aliphatic heterocycles. The summed E-state index contributed by atoms with van der Waals surface area (Å²) >= 11 is 6.15. The number of ether oxygens (including phenoxy) is 1. The molecule has 0 bridgehead atoms. The van der Waals surface area contributed by atoms with E-state index in [1.54, 1.807) is 37.5 Å². The fourth-order valence-electron chi connectivity index (χ4n) is 2.97. The Balaban J connectivity index is 1.92. The van der Waals surface area contributed by atoms with Gasteiger partial charge in [-0.3, -0.25) is 0 Å². The molecule has 0 atom stereocenters. The number of nitrogens with zero attached hydrogens (tertiary/aromatic N) is 4. The number of carbonyl (C=O) groups excluding carboxylic acids is 1. The maximum Gasteiger partial charge on any atom is 0.338 e. The Morgan fingerprint density at radius 1 is 1.19 bits per heavy atom. The molecule has 0 unspecified atom stereocenters. The van der Waals surface area contributed by atoms with Crippen molar-refractivity contribution in [2.75, 3.05) is 11.9 Å². The fourth-order valence-corrected chi connectivity index (χ4v) is 3.13. The van der Waals surface area contributed by atoms with Gasteiger partial charge < -0.3 is 14.6 Å². The molecule has 2 heterocycles. The molecule has 0 saturated carbocycles. The molecule has 0 fully saturated rings. The Morgan fingerprint density at radius 3 is 2.52 bits per heavy atom. The number of halogens is 1. The van der Waals surface area contributed by atoms with Gasteiger partial charge in [0.05, 0.1) is 18.5 Å². The van der Waals surface area contributed by atoms with Crippen molar-refractivity contribution in [1.29, 1.82) is 0 Å². The largest absolute Gasteiger partial charge is 0.462 e. The molecule has 1 aromatic carbocycles. The van der Waals surface area contributed by atoms with Crippen LogP contribution >= 0.6 is 11.6 Å². The first-order valence-electron chi connectivity index (χ1n) is 9.01. The van der Waals surface area contributed by atoms with Gasteiger partial charge >= 0.3 is 5.97 Å². The third-order valence-electron chi connectivity index (χ3n) is 4.39. The minimum absolute atomic E-state index is 0.154. The van der Waals surface area contributed by atoms with Gasteiger partial charge in [-0.15, -0.1) is 0 Å². The van der Waals surface area contributed by atoms with E-state index in [4.69, 9.17) is 16.3 Å². The normalized spacial score (nSPS) is 11.1. The minimum atomic E-state index is -0.347. The maximum atomic E-state index is 11.8. The second kappa shape index (κ2) is 8.35. The van der Waals surface area contributed by atoms with Crippen molar-refractivity contribution in [3.05, 3.63) is 41.4 Å². The number of benzene rings is 1. The Labute approximate surface area is 162 Å². The molecule has 0 aliphatic rings. The first-order valence-corrected chi connectivity index (χ1v) is 9.39. The highest BCUT2D eigenvalue weighted by molar-refractivity contribution is 6.28. The van der Waals surface area contributed by atoms with Crippen LogP contribution in [0.15, 0.2) is 30.6 Å². The SMILES string of the molecule is CCOC(=O)c1ccc(Nc2nc(Cl)nc3c2ncn3C(CC)CC)cc1. The summed E-state index contributed by atoms with van der Waals surface area (Å²) in [5.41, 5.74) is 2.61. The van der Waals surface area contributed by atoms with Gasteiger partial charge in [0.25, 0.3) is 0 Å². The number of aromatic nitrogens is 4. The summed E-state index contributed by atoms with van der Waals surface area (Å²) in [7, 11) is 0. The van der Waals surface area contributed by atoms with Crippen LogP contribution in [0.1, 0.15) is 50.0 Å². The molecule has 142 valence electrons. The molecular weight excluding hydrogens is 366 g/mol. The molecule has 0 radical (unpaired) electrons. The van der Waals surface area contributed by atoms with E-state index in [-0.39, 0.29) is 11.3 Å². The van der Waals surface area contributed by atoms with Gasteiger partial charge in [-0.2, -0.15) is 9.97 Å². The first-order chi connectivity index (χ1) is 13.1. The zero-order valence-electron chi connectivity index (χ0n) is 15.6. The lowest BCUT2D eigenvalue weighted by molar-refractivity contribution is 0.0526. The van der Waals surface area contributed by atoms with Gasteiger partial charge in [0.15, 0.2) is 17.0 Å². The number of hydrogen-bond donors (Lipinski definition) is 1. The zero-order chi connectivity index (χ0) is 19.4. The van der Waals surface area contributed by atoms with Crippen LogP contribution in [0.25, 0.3) is 11.2 Å². The van der Waals surface area contributed by atoms with Gasteiger partial charge in [0, 0.05) is 11.7 Å². The molecule has 0 amide bonds. The fraction of sp³-hybridized carbons (Fsp3) is 0.368. The number of nitrogens with one attached hydrogen (secondary N) is 1. The molecule has 3 aromatic rings. The minimum Gasteiger partial charge on any atom is -0.462 e. The highest BCUT2D eigenvalue weighted by Crippen LogP contribution is 2.28. The van der Waals surface area contributed by atoms with Crippen molar-refractivity contribution >= 4 is 40.2 Å². The number of rotatable bonds is 7. The van der Waals surface area contributed by atoms with Crippen LogP contribution < -0.4 is 5.32 Å². The highest BCUT2D eigenvalue weighted by atomic mass is 35.5. The van der Waals surface area contributed by atoms with E-state index in [0.29, 0.717) is 35.2 Å². The number of hydrogen-bond acceptors (Lipinski definition) is 6. The smallest absolute Gasteiger partial charge is 0.338 e. The first kappa shape index (κ1) is 19.1. The Morgan fingerprint density at radius 2 is 1.89 bits per heavy atom. The lowest BCUT2D eigenvalue weighted by atomic mass is 10.2. The van der Waals surface area contributed by atoms with Crippen LogP contribution in [-0.4, -0.2) is 32.1 Å². The number of carbonyl (C=O) groups is 1. The van der Waals surface area contributed by atoms with Gasteiger partial charge in [0.1, 0.15) is 0 Å². The van der Waals surface area contributed by atoms with E-state index >= 15 is 0 Å². The van der Waals surface area contributed by atoms with Crippen LogP contribution in [0.3, 0.4) is 0 Å². The van der Waals surface area contributed by atoms with E-state index in [1.165, 1.54) is 0 Å². The molecular formula is C19H22ClN5O2. The molecule has 2 aromatic heterocycles. The van der Waals surface area contributed by atoms with Gasteiger partial charge in [-0.25, -0.2) is 9.78 Å². The Bertz CT molecular complexity index is 935. The van der Waals surface area contributed by atoms with Crippen molar-refractivity contribution < 1.29 is 9.53 Å². The lowest BCUT2D eigenvalue weighted by Crippen LogP contribution is -2.07. The van der Waals surface area contributed by atoms with Crippen molar-refractivity contribution in [1.82, 2.24) is 19.5 Å². The molecule has 27 heavy (non-hydrogen) atoms. The highest BCUT2D eigenvalue weighted by Gasteiger charge is 2.17. The predicted molar refractivity (Wildman–Crippen MR) is 106 cm³/mol. The quantitative estimate of drug-likeness (QED) is 0.465. The van der Waals surface area contributed by atoms with E-state index in [9.17, 15) is 4.79 Å². The van der Waals surface area contributed by atoms with Crippen LogP contribution in [0.5, 0.6) is 0 Å². The van der Waals surface area contributed by atoms with Crippen LogP contribution in [0.2, 0.25) is 5.28 Å². The van der Waals surface area contributed by atoms with Gasteiger partial charge in [-0.1, -0.05) is 13.8 Å². The van der Waals surface area contributed by atoms with E-state index < -0.39 is 0 Å². The van der Waals surface area contributed by atoms with E-state index in [2.05, 4.69) is 34.1 Å². The van der Waals surface area contributed by atoms with Crippen LogP contribution in [0.4, 0.5) is 11.5 Å². The second-order valence-electron chi connectivity index (χ2n) is 6.06. The summed E-state index contributed by atoms with van der Waals surface area (Å²) < 4.78 is 7.04. The summed E-state index contributed by atoms with van der Waals surface area (Å²) in [5.74, 6) is 0.180. The molecule has 0 aliphatic carbocycles. The standard InChI is InChI=1S/C19H22ClN5O2/c1-4-14(5-2)25-11-21-15-16(23-19(20)24-17(15)25)22-13-9-7-12(8-10-13)18(26)27-6-3/h7-11,14H,4-6H2,1-3H3,(H,22,23,24). The molecule has 0 saturated heterocycles. The van der Waals surface area contributed by atoms with Crippen LogP contribution in [-0.2, 0) is 4.74 Å². The van der Waals surface area contributed by atoms with E-state index in [1.807, 2.05) is 4.57 Å². The summed E-state index contributed by atoms with van der Waals surface area (Å²) in [6.45, 7) is 6.38. The third-order valence-corrected chi connectivity index (χ3v) is 4.56. The van der Waals surface area contributed by atoms with Gasteiger partial charge in [-0.05, 0) is 55.6 Å². The Hall–Kier alpha value is -2.67. The van der Waals surface area contributed by atoms with Crippen molar-refractivity contribution in [3.63, 3.8) is 0 Å². The average molecular weight is 388 g/mol. The maximum absolute atomic E-state index is 11.8. The van der Waals surface area contributed by atoms with Gasteiger partial charge in [0.2, 0.25) is 5.28 Å². The van der Waals surface area contributed by atoms with Crippen molar-refractivity contribution in [2.24, 2.45) is 0 Å². The van der Waals surface area contributed by atoms with Crippen LogP contribution in [0, 0.1) is 0 Å². The van der Waals surface area contributed by atoms with Crippen molar-refractivity contribution in [2.45, 2.75) is 39.7 Å². The average Bonchev–Trinajstić information content (AvgIpc) is 3.07. The molecule has 3 rings (SSSR count). The molecule has 0 spiro atoms. The summed E-state index contributed by atoms with van der Waals surface area (Å²) in [6, 6.07) is 7.27. The number of anilines is 2. The third kappa shape index (κ3) is 4.03. The Kier molecular flexibility index (Phi) is 5.91. The number of imidazole rings is 1.